The van der Waals surface area contributed by atoms with E-state index in [1.54, 1.807) is 0 Å². The molecule has 0 bridgehead atoms. The molecule has 136 valence electrons. The molecule has 26 heavy (non-hydrogen) atoms. The van der Waals surface area contributed by atoms with Crippen LogP contribution >= 0.6 is 11.6 Å². The van der Waals surface area contributed by atoms with E-state index in [2.05, 4.69) is 16.0 Å². The molecule has 2 rings (SSSR count). The average Bonchev–Trinajstić information content (AvgIpc) is 2.56. The second-order valence-electron chi connectivity index (χ2n) is 5.61. The number of aryl methyl sites for hydroxylation is 2. The lowest BCUT2D eigenvalue weighted by Gasteiger charge is -2.14. The molecule has 0 aliphatic rings. The molecule has 0 heterocycles. The number of hydrogen-bond acceptors (Lipinski definition) is 3. The van der Waals surface area contributed by atoms with Crippen molar-refractivity contribution in [3.05, 3.63) is 58.1 Å². The summed E-state index contributed by atoms with van der Waals surface area (Å²) in [6.07, 6.45) is 0. The number of hydrogen-bond donors (Lipinski definition) is 4. The molecule has 2 aromatic rings. The van der Waals surface area contributed by atoms with Gasteiger partial charge in [-0.05, 0) is 43.2 Å². The number of carbonyl (C=O) groups excluding carboxylic acids is 2. The summed E-state index contributed by atoms with van der Waals surface area (Å²) in [5.41, 5.74) is 2.73. The monoisotopic (exact) mass is 375 g/mol. The zero-order valence-electron chi connectivity index (χ0n) is 14.2. The fraction of sp³-hybridized carbons (Fsp3) is 0.167. The van der Waals surface area contributed by atoms with Crippen LogP contribution in [0, 0.1) is 13.8 Å². The fourth-order valence-electron chi connectivity index (χ4n) is 2.35. The topological polar surface area (TPSA) is 108 Å². The first-order valence-electron chi connectivity index (χ1n) is 7.71. The molecule has 3 amide bonds. The highest BCUT2D eigenvalue weighted by Gasteiger charge is 2.15. The summed E-state index contributed by atoms with van der Waals surface area (Å²) in [4.78, 5) is 35.1. The molecule has 2 aromatic carbocycles. The predicted molar refractivity (Wildman–Crippen MR) is 100.0 cm³/mol. The van der Waals surface area contributed by atoms with Gasteiger partial charge in [0.2, 0.25) is 0 Å². The largest absolute Gasteiger partial charge is 0.480 e. The Bertz CT molecular complexity index is 847. The second kappa shape index (κ2) is 8.35. The van der Waals surface area contributed by atoms with Crippen molar-refractivity contribution < 1.29 is 19.5 Å². The Labute approximate surface area is 155 Å². The Hall–Kier alpha value is -3.06. The van der Waals surface area contributed by atoms with Crippen molar-refractivity contribution in [2.45, 2.75) is 13.8 Å². The lowest BCUT2D eigenvalue weighted by Crippen LogP contribution is -2.30. The zero-order valence-corrected chi connectivity index (χ0v) is 15.0. The van der Waals surface area contributed by atoms with Gasteiger partial charge in [-0.2, -0.15) is 0 Å². The van der Waals surface area contributed by atoms with Crippen LogP contribution < -0.4 is 16.0 Å². The summed E-state index contributed by atoms with van der Waals surface area (Å²) in [6, 6.07) is 9.38. The minimum atomic E-state index is -1.17. The molecule has 0 unspecified atom stereocenters. The minimum absolute atomic E-state index is 0.104. The molecule has 0 saturated heterocycles. The van der Waals surface area contributed by atoms with Gasteiger partial charge in [0, 0.05) is 10.7 Å². The van der Waals surface area contributed by atoms with E-state index in [1.165, 1.54) is 18.2 Å². The number of aliphatic carboxylic acids is 1. The first kappa shape index (κ1) is 19.3. The summed E-state index contributed by atoms with van der Waals surface area (Å²) in [5, 5.41) is 16.6. The Morgan fingerprint density at radius 3 is 2.31 bits per heavy atom. The Morgan fingerprint density at radius 2 is 1.69 bits per heavy atom. The summed E-state index contributed by atoms with van der Waals surface area (Å²) >= 11 is 5.95. The normalized spacial score (nSPS) is 10.1. The highest BCUT2D eigenvalue weighted by Crippen LogP contribution is 2.23. The van der Waals surface area contributed by atoms with Gasteiger partial charge in [-0.25, -0.2) is 4.79 Å². The number of carbonyl (C=O) groups is 3. The molecule has 0 saturated carbocycles. The number of urea groups is 1. The van der Waals surface area contributed by atoms with Crippen molar-refractivity contribution in [2.75, 3.05) is 17.2 Å². The van der Waals surface area contributed by atoms with E-state index < -0.39 is 24.5 Å². The highest BCUT2D eigenvalue weighted by atomic mass is 35.5. The average molecular weight is 376 g/mol. The third-order valence-electron chi connectivity index (χ3n) is 3.59. The standard InChI is InChI=1S/C18H18ClN3O4/c1-10-4-3-5-11(2)16(10)22-18(26)21-14-8-12(19)6-7-13(14)17(25)20-9-15(23)24/h3-8H,9H2,1-2H3,(H,20,25)(H,23,24)(H2,21,22,26). The Kier molecular flexibility index (Phi) is 6.19. The number of para-hydroxylation sites is 1. The smallest absolute Gasteiger partial charge is 0.323 e. The fourth-order valence-corrected chi connectivity index (χ4v) is 2.52. The maximum atomic E-state index is 12.3. The summed E-state index contributed by atoms with van der Waals surface area (Å²) in [5.74, 6) is -1.80. The van der Waals surface area contributed by atoms with Gasteiger partial charge >= 0.3 is 12.0 Å². The van der Waals surface area contributed by atoms with E-state index in [1.807, 2.05) is 32.0 Å². The number of nitrogens with one attached hydrogen (secondary N) is 3. The lowest BCUT2D eigenvalue weighted by molar-refractivity contribution is -0.135. The summed E-state index contributed by atoms with van der Waals surface area (Å²) < 4.78 is 0. The van der Waals surface area contributed by atoms with Gasteiger partial charge in [-0.3, -0.25) is 9.59 Å². The molecule has 0 fully saturated rings. The predicted octanol–water partition coefficient (Wildman–Crippen LogP) is 3.42. The van der Waals surface area contributed by atoms with E-state index in [9.17, 15) is 14.4 Å². The van der Waals surface area contributed by atoms with Gasteiger partial charge in [0.1, 0.15) is 6.54 Å². The van der Waals surface area contributed by atoms with E-state index in [4.69, 9.17) is 16.7 Å². The first-order valence-corrected chi connectivity index (χ1v) is 8.09. The van der Waals surface area contributed by atoms with Gasteiger partial charge in [0.15, 0.2) is 0 Å². The van der Waals surface area contributed by atoms with Crippen LogP contribution in [0.15, 0.2) is 36.4 Å². The zero-order chi connectivity index (χ0) is 19.3. The van der Waals surface area contributed by atoms with Crippen LogP contribution in [0.4, 0.5) is 16.2 Å². The third kappa shape index (κ3) is 4.97. The van der Waals surface area contributed by atoms with Crippen molar-refractivity contribution in [1.82, 2.24) is 5.32 Å². The molecule has 0 atom stereocenters. The second-order valence-corrected chi connectivity index (χ2v) is 6.05. The molecular weight excluding hydrogens is 358 g/mol. The minimum Gasteiger partial charge on any atom is -0.480 e. The molecule has 0 radical (unpaired) electrons. The molecule has 0 aromatic heterocycles. The van der Waals surface area contributed by atoms with Gasteiger partial charge in [-0.1, -0.05) is 29.8 Å². The number of benzene rings is 2. The highest BCUT2D eigenvalue weighted by molar-refractivity contribution is 6.31. The molecule has 7 nitrogen and oxygen atoms in total. The van der Waals surface area contributed by atoms with E-state index in [0.29, 0.717) is 10.7 Å². The van der Waals surface area contributed by atoms with Gasteiger partial charge in [0.25, 0.3) is 5.91 Å². The van der Waals surface area contributed by atoms with Crippen molar-refractivity contribution in [3.63, 3.8) is 0 Å². The van der Waals surface area contributed by atoms with Gasteiger partial charge < -0.3 is 21.1 Å². The van der Waals surface area contributed by atoms with Crippen LogP contribution in [-0.2, 0) is 4.79 Å². The van der Waals surface area contributed by atoms with Crippen molar-refractivity contribution in [1.29, 1.82) is 0 Å². The Balaban J connectivity index is 2.20. The molecule has 8 heteroatoms. The van der Waals surface area contributed by atoms with Gasteiger partial charge in [0.05, 0.1) is 11.3 Å². The SMILES string of the molecule is Cc1cccc(C)c1NC(=O)Nc1cc(Cl)ccc1C(=O)NCC(=O)O. The number of carboxylic acid groups (broad SMARTS) is 1. The van der Waals surface area contributed by atoms with Crippen molar-refractivity contribution in [2.24, 2.45) is 0 Å². The van der Waals surface area contributed by atoms with E-state index in [-0.39, 0.29) is 11.3 Å². The lowest BCUT2D eigenvalue weighted by atomic mass is 10.1. The number of amides is 3. The molecular formula is C18H18ClN3O4. The molecule has 0 spiro atoms. The number of carboxylic acids is 1. The summed E-state index contributed by atoms with van der Waals surface area (Å²) in [7, 11) is 0. The number of anilines is 2. The van der Waals surface area contributed by atoms with Crippen molar-refractivity contribution in [3.8, 4) is 0 Å². The van der Waals surface area contributed by atoms with E-state index >= 15 is 0 Å². The maximum Gasteiger partial charge on any atom is 0.323 e. The Morgan fingerprint density at radius 1 is 1.04 bits per heavy atom. The van der Waals surface area contributed by atoms with E-state index in [0.717, 1.165) is 11.1 Å². The number of halogens is 1. The van der Waals surface area contributed by atoms with Crippen LogP contribution in [0.1, 0.15) is 21.5 Å². The maximum absolute atomic E-state index is 12.3. The first-order chi connectivity index (χ1) is 12.3. The third-order valence-corrected chi connectivity index (χ3v) is 3.83. The quantitative estimate of drug-likeness (QED) is 0.642. The van der Waals surface area contributed by atoms with Crippen LogP contribution in [0.3, 0.4) is 0 Å². The van der Waals surface area contributed by atoms with Crippen LogP contribution in [0.2, 0.25) is 5.02 Å². The van der Waals surface area contributed by atoms with Crippen molar-refractivity contribution >= 4 is 40.9 Å². The van der Waals surface area contributed by atoms with Crippen LogP contribution in [0.25, 0.3) is 0 Å². The molecule has 4 N–H and O–H groups in total. The number of rotatable bonds is 5. The summed E-state index contributed by atoms with van der Waals surface area (Å²) in [6.45, 7) is 3.20. The van der Waals surface area contributed by atoms with Gasteiger partial charge in [-0.15, -0.1) is 0 Å². The van der Waals surface area contributed by atoms with Crippen LogP contribution in [0.5, 0.6) is 0 Å². The van der Waals surface area contributed by atoms with Crippen LogP contribution in [-0.4, -0.2) is 29.6 Å². The molecule has 0 aliphatic carbocycles. The molecule has 0 aliphatic heterocycles.